The van der Waals surface area contributed by atoms with Crippen molar-refractivity contribution in [1.82, 2.24) is 9.88 Å². The molecule has 22 heavy (non-hydrogen) atoms. The molecule has 1 aromatic heterocycles. The summed E-state index contributed by atoms with van der Waals surface area (Å²) in [5.74, 6) is 0.0794. The monoisotopic (exact) mass is 314 g/mol. The lowest BCUT2D eigenvalue weighted by atomic mass is 9.97. The van der Waals surface area contributed by atoms with E-state index in [9.17, 15) is 4.79 Å². The molecule has 1 aliphatic heterocycles. The van der Waals surface area contributed by atoms with Crippen molar-refractivity contribution >= 4 is 17.2 Å². The van der Waals surface area contributed by atoms with Crippen LogP contribution in [0.3, 0.4) is 0 Å². The van der Waals surface area contributed by atoms with Gasteiger partial charge in [0.15, 0.2) is 0 Å². The lowest BCUT2D eigenvalue weighted by Crippen LogP contribution is -2.47. The zero-order valence-corrected chi connectivity index (χ0v) is 14.2. The molecule has 0 radical (unpaired) electrons. The first-order valence-electron chi connectivity index (χ1n) is 7.92. The summed E-state index contributed by atoms with van der Waals surface area (Å²) in [7, 11) is 0. The Morgan fingerprint density at radius 2 is 1.91 bits per heavy atom. The molecule has 3 nitrogen and oxygen atoms in total. The Morgan fingerprint density at radius 3 is 2.59 bits per heavy atom. The van der Waals surface area contributed by atoms with Gasteiger partial charge in [0.25, 0.3) is 5.91 Å². The van der Waals surface area contributed by atoms with Crippen molar-refractivity contribution < 1.29 is 4.79 Å². The highest BCUT2D eigenvalue weighted by molar-refractivity contribution is 7.13. The molecule has 4 heteroatoms. The van der Waals surface area contributed by atoms with E-state index in [0.29, 0.717) is 17.8 Å². The summed E-state index contributed by atoms with van der Waals surface area (Å²) in [4.78, 5) is 19.4. The summed E-state index contributed by atoms with van der Waals surface area (Å²) in [6.45, 7) is 6.36. The van der Waals surface area contributed by atoms with Crippen molar-refractivity contribution in [3.05, 3.63) is 40.9 Å². The van der Waals surface area contributed by atoms with Gasteiger partial charge in [-0.1, -0.05) is 24.3 Å². The van der Waals surface area contributed by atoms with Crippen molar-refractivity contribution in [3.63, 3.8) is 0 Å². The van der Waals surface area contributed by atoms with Crippen LogP contribution >= 0.6 is 11.3 Å². The average molecular weight is 314 g/mol. The number of piperidine rings is 1. The number of carbonyl (C=O) groups is 1. The summed E-state index contributed by atoms with van der Waals surface area (Å²) in [6.07, 6.45) is 3.38. The smallest absolute Gasteiger partial charge is 0.273 e. The number of thiazole rings is 1. The Morgan fingerprint density at radius 1 is 1.23 bits per heavy atom. The standard InChI is InChI=1S/C18H22N2OS/c1-12-7-4-5-10-15(12)17-19-16(11-22-17)18(21)20-13(2)8-6-9-14(20)3/h4-5,7,10-11,13-14H,6,8-9H2,1-3H3. The number of benzene rings is 1. The Kier molecular flexibility index (Phi) is 4.30. The molecular weight excluding hydrogens is 292 g/mol. The first kappa shape index (κ1) is 15.2. The third kappa shape index (κ3) is 2.80. The number of amides is 1. The van der Waals surface area contributed by atoms with Crippen LogP contribution in [0, 0.1) is 6.92 Å². The zero-order valence-electron chi connectivity index (χ0n) is 13.4. The zero-order chi connectivity index (χ0) is 15.7. The number of rotatable bonds is 2. The van der Waals surface area contributed by atoms with Crippen LogP contribution in [-0.2, 0) is 0 Å². The topological polar surface area (TPSA) is 33.2 Å². The Bertz CT molecular complexity index is 669. The molecule has 0 bridgehead atoms. The maximum absolute atomic E-state index is 12.8. The number of carbonyl (C=O) groups excluding carboxylic acids is 1. The first-order chi connectivity index (χ1) is 10.6. The SMILES string of the molecule is Cc1ccccc1-c1nc(C(=O)N2C(C)CCCC2C)cs1. The molecule has 116 valence electrons. The summed E-state index contributed by atoms with van der Waals surface area (Å²) >= 11 is 1.55. The second kappa shape index (κ2) is 6.21. The minimum absolute atomic E-state index is 0.0794. The van der Waals surface area contributed by atoms with Gasteiger partial charge in [0.05, 0.1) is 0 Å². The molecule has 0 aliphatic carbocycles. The largest absolute Gasteiger partial charge is 0.332 e. The highest BCUT2D eigenvalue weighted by Crippen LogP contribution is 2.29. The van der Waals surface area contributed by atoms with Crippen LogP contribution in [0.2, 0.25) is 0 Å². The second-order valence-corrected chi connectivity index (χ2v) is 7.05. The van der Waals surface area contributed by atoms with E-state index in [1.54, 1.807) is 11.3 Å². The molecular formula is C18H22N2OS. The highest BCUT2D eigenvalue weighted by Gasteiger charge is 2.30. The van der Waals surface area contributed by atoms with E-state index < -0.39 is 0 Å². The minimum Gasteiger partial charge on any atom is -0.332 e. The van der Waals surface area contributed by atoms with Crippen LogP contribution in [0.1, 0.15) is 49.2 Å². The van der Waals surface area contributed by atoms with Crippen LogP contribution in [0.15, 0.2) is 29.6 Å². The van der Waals surface area contributed by atoms with E-state index in [4.69, 9.17) is 0 Å². The summed E-state index contributed by atoms with van der Waals surface area (Å²) in [5.41, 5.74) is 2.89. The van der Waals surface area contributed by atoms with Gasteiger partial charge in [-0.3, -0.25) is 4.79 Å². The third-order valence-corrected chi connectivity index (χ3v) is 5.40. The predicted octanol–water partition coefficient (Wildman–Crippen LogP) is 4.52. The molecule has 0 N–H and O–H groups in total. The average Bonchev–Trinajstić information content (AvgIpc) is 2.97. The van der Waals surface area contributed by atoms with E-state index in [2.05, 4.69) is 37.9 Å². The van der Waals surface area contributed by atoms with Crippen LogP contribution in [-0.4, -0.2) is 27.9 Å². The van der Waals surface area contributed by atoms with Crippen molar-refractivity contribution in [1.29, 1.82) is 0 Å². The highest BCUT2D eigenvalue weighted by atomic mass is 32.1. The van der Waals surface area contributed by atoms with Crippen LogP contribution < -0.4 is 0 Å². The number of hydrogen-bond acceptors (Lipinski definition) is 3. The predicted molar refractivity (Wildman–Crippen MR) is 91.2 cm³/mol. The molecule has 3 rings (SSSR count). The van der Waals surface area contributed by atoms with Crippen molar-refractivity contribution in [2.45, 2.75) is 52.1 Å². The molecule has 2 heterocycles. The number of aromatic nitrogens is 1. The fourth-order valence-electron chi connectivity index (χ4n) is 3.26. The van der Waals surface area contributed by atoms with Gasteiger partial charge >= 0.3 is 0 Å². The molecule has 1 saturated heterocycles. The van der Waals surface area contributed by atoms with Gasteiger partial charge in [0, 0.05) is 23.0 Å². The van der Waals surface area contributed by atoms with Gasteiger partial charge < -0.3 is 4.90 Å². The maximum atomic E-state index is 12.8. The summed E-state index contributed by atoms with van der Waals surface area (Å²) in [6, 6.07) is 8.79. The summed E-state index contributed by atoms with van der Waals surface area (Å²) < 4.78 is 0. The molecule has 0 saturated carbocycles. The molecule has 2 aromatic rings. The third-order valence-electron chi connectivity index (χ3n) is 4.53. The normalized spacial score (nSPS) is 21.9. The van der Waals surface area contributed by atoms with Crippen LogP contribution in [0.25, 0.3) is 10.6 Å². The van der Waals surface area contributed by atoms with Crippen LogP contribution in [0.4, 0.5) is 0 Å². The van der Waals surface area contributed by atoms with Gasteiger partial charge in [0.1, 0.15) is 10.7 Å². The van der Waals surface area contributed by atoms with Gasteiger partial charge in [0.2, 0.25) is 0 Å². The first-order valence-corrected chi connectivity index (χ1v) is 8.80. The lowest BCUT2D eigenvalue weighted by Gasteiger charge is -2.38. The molecule has 1 aliphatic rings. The Balaban J connectivity index is 1.87. The van der Waals surface area contributed by atoms with Crippen molar-refractivity contribution in [2.24, 2.45) is 0 Å². The van der Waals surface area contributed by atoms with Crippen molar-refractivity contribution in [3.8, 4) is 10.6 Å². The van der Waals surface area contributed by atoms with Gasteiger partial charge in [-0.05, 0) is 45.6 Å². The lowest BCUT2D eigenvalue weighted by molar-refractivity contribution is 0.0505. The van der Waals surface area contributed by atoms with Gasteiger partial charge in [-0.25, -0.2) is 4.98 Å². The van der Waals surface area contributed by atoms with E-state index in [1.807, 2.05) is 22.4 Å². The van der Waals surface area contributed by atoms with E-state index >= 15 is 0 Å². The number of likely N-dealkylation sites (tertiary alicyclic amines) is 1. The number of hydrogen-bond donors (Lipinski definition) is 0. The molecule has 0 spiro atoms. The Labute approximate surface area is 136 Å². The van der Waals surface area contributed by atoms with Gasteiger partial charge in [-0.15, -0.1) is 11.3 Å². The van der Waals surface area contributed by atoms with Crippen molar-refractivity contribution in [2.75, 3.05) is 0 Å². The molecule has 1 fully saturated rings. The second-order valence-electron chi connectivity index (χ2n) is 6.19. The number of aryl methyl sites for hydroxylation is 1. The summed E-state index contributed by atoms with van der Waals surface area (Å²) in [5, 5.41) is 2.83. The van der Waals surface area contributed by atoms with E-state index in [-0.39, 0.29) is 5.91 Å². The molecule has 2 unspecified atom stereocenters. The van der Waals surface area contributed by atoms with Crippen LogP contribution in [0.5, 0.6) is 0 Å². The molecule has 2 atom stereocenters. The van der Waals surface area contributed by atoms with Gasteiger partial charge in [-0.2, -0.15) is 0 Å². The fourth-order valence-corrected chi connectivity index (χ4v) is 4.15. The quantitative estimate of drug-likeness (QED) is 0.816. The number of nitrogens with zero attached hydrogens (tertiary/aromatic N) is 2. The molecule has 1 aromatic carbocycles. The maximum Gasteiger partial charge on any atom is 0.273 e. The molecule has 1 amide bonds. The minimum atomic E-state index is 0.0794. The van der Waals surface area contributed by atoms with E-state index in [1.165, 1.54) is 12.0 Å². The Hall–Kier alpha value is -1.68. The fraction of sp³-hybridized carbons (Fsp3) is 0.444. The van der Waals surface area contributed by atoms with E-state index in [0.717, 1.165) is 23.4 Å².